The molecule has 0 aliphatic rings. The highest BCUT2D eigenvalue weighted by atomic mass is 32.1. The van der Waals surface area contributed by atoms with Crippen molar-refractivity contribution in [2.45, 2.75) is 6.92 Å². The lowest BCUT2D eigenvalue weighted by molar-refractivity contribution is 0.979. The third-order valence-electron chi connectivity index (χ3n) is 1.37. The van der Waals surface area contributed by atoms with Gasteiger partial charge in [-0.05, 0) is 31.3 Å². The van der Waals surface area contributed by atoms with Gasteiger partial charge in [-0.2, -0.15) is 0 Å². The Morgan fingerprint density at radius 3 is 2.58 bits per heavy atom. The predicted octanol–water partition coefficient (Wildman–Crippen LogP) is 1.99. The molecule has 0 atom stereocenters. The van der Waals surface area contributed by atoms with Crippen LogP contribution in [0.5, 0.6) is 0 Å². The largest absolute Gasteiger partial charge is 0.363 e. The van der Waals surface area contributed by atoms with Gasteiger partial charge >= 0.3 is 0 Å². The summed E-state index contributed by atoms with van der Waals surface area (Å²) in [5, 5.41) is 6.75. The summed E-state index contributed by atoms with van der Waals surface area (Å²) >= 11 is 5.01. The second-order valence-corrected chi connectivity index (χ2v) is 2.76. The lowest BCUT2D eigenvalue weighted by atomic mass is 10.3. The van der Waals surface area contributed by atoms with Gasteiger partial charge in [0, 0.05) is 12.2 Å². The third kappa shape index (κ3) is 2.88. The molecule has 0 aliphatic heterocycles. The summed E-state index contributed by atoms with van der Waals surface area (Å²) in [5.74, 6) is 0. The standard InChI is InChI=1S/C9H12N2S/c1-2-10-9(12)11-8-6-4-3-5-7-8/h3-7H,2H2,1H3,(H2,10,11,12). The fourth-order valence-corrected chi connectivity index (χ4v) is 1.12. The summed E-state index contributed by atoms with van der Waals surface area (Å²) in [4.78, 5) is 0. The van der Waals surface area contributed by atoms with E-state index >= 15 is 0 Å². The highest BCUT2D eigenvalue weighted by Gasteiger charge is 1.92. The summed E-state index contributed by atoms with van der Waals surface area (Å²) in [7, 11) is 0. The fraction of sp³-hybridized carbons (Fsp3) is 0.222. The van der Waals surface area contributed by atoms with Gasteiger partial charge < -0.3 is 10.6 Å². The average molecular weight is 180 g/mol. The topological polar surface area (TPSA) is 24.1 Å². The lowest BCUT2D eigenvalue weighted by Gasteiger charge is -2.07. The molecule has 0 saturated carbocycles. The zero-order chi connectivity index (χ0) is 8.81. The Morgan fingerprint density at radius 2 is 2.00 bits per heavy atom. The van der Waals surface area contributed by atoms with E-state index in [-0.39, 0.29) is 0 Å². The number of nitrogens with one attached hydrogen (secondary N) is 2. The van der Waals surface area contributed by atoms with Gasteiger partial charge in [-0.15, -0.1) is 0 Å². The molecule has 0 spiro atoms. The normalized spacial score (nSPS) is 9.08. The smallest absolute Gasteiger partial charge is 0.170 e. The average Bonchev–Trinajstić information content (AvgIpc) is 2.06. The van der Waals surface area contributed by atoms with E-state index in [0.717, 1.165) is 12.2 Å². The molecule has 64 valence electrons. The van der Waals surface area contributed by atoms with Crippen molar-refractivity contribution in [3.63, 3.8) is 0 Å². The first kappa shape index (κ1) is 9.00. The molecule has 12 heavy (non-hydrogen) atoms. The first-order valence-electron chi connectivity index (χ1n) is 3.93. The van der Waals surface area contributed by atoms with Crippen LogP contribution < -0.4 is 10.6 Å². The maximum absolute atomic E-state index is 5.01. The van der Waals surface area contributed by atoms with Crippen molar-refractivity contribution in [3.8, 4) is 0 Å². The molecule has 2 nitrogen and oxygen atoms in total. The van der Waals surface area contributed by atoms with Gasteiger partial charge in [0.2, 0.25) is 0 Å². The maximum Gasteiger partial charge on any atom is 0.170 e. The van der Waals surface area contributed by atoms with Crippen LogP contribution in [0.15, 0.2) is 30.3 Å². The van der Waals surface area contributed by atoms with Gasteiger partial charge in [-0.3, -0.25) is 0 Å². The molecular weight excluding hydrogens is 168 g/mol. The van der Waals surface area contributed by atoms with E-state index in [1.807, 2.05) is 37.3 Å². The molecule has 1 rings (SSSR count). The van der Waals surface area contributed by atoms with Crippen LogP contribution in [-0.2, 0) is 0 Å². The molecule has 0 heterocycles. The van der Waals surface area contributed by atoms with Crippen molar-refractivity contribution >= 4 is 23.0 Å². The second kappa shape index (κ2) is 4.72. The summed E-state index contributed by atoms with van der Waals surface area (Å²) in [6.07, 6.45) is 0. The molecule has 0 unspecified atom stereocenters. The van der Waals surface area contributed by atoms with Crippen molar-refractivity contribution in [2.75, 3.05) is 11.9 Å². The van der Waals surface area contributed by atoms with Crippen LogP contribution >= 0.6 is 12.2 Å². The van der Waals surface area contributed by atoms with E-state index < -0.39 is 0 Å². The molecule has 0 amide bonds. The highest BCUT2D eigenvalue weighted by Crippen LogP contribution is 2.03. The molecular formula is C9H12N2S. The number of anilines is 1. The molecule has 0 aliphatic carbocycles. The van der Waals surface area contributed by atoms with E-state index in [2.05, 4.69) is 10.6 Å². The van der Waals surface area contributed by atoms with Gasteiger partial charge in [-0.25, -0.2) is 0 Å². The van der Waals surface area contributed by atoms with Crippen molar-refractivity contribution in [3.05, 3.63) is 30.3 Å². The second-order valence-electron chi connectivity index (χ2n) is 2.35. The van der Waals surface area contributed by atoms with Crippen LogP contribution in [-0.4, -0.2) is 11.7 Å². The highest BCUT2D eigenvalue weighted by molar-refractivity contribution is 7.80. The molecule has 0 aromatic heterocycles. The molecule has 1 aromatic rings. The van der Waals surface area contributed by atoms with Gasteiger partial charge in [0.15, 0.2) is 5.11 Å². The van der Waals surface area contributed by atoms with E-state index in [1.54, 1.807) is 0 Å². The Balaban J connectivity index is 2.47. The van der Waals surface area contributed by atoms with E-state index in [9.17, 15) is 0 Å². The minimum Gasteiger partial charge on any atom is -0.363 e. The summed E-state index contributed by atoms with van der Waals surface area (Å²) < 4.78 is 0. The minimum absolute atomic E-state index is 0.670. The van der Waals surface area contributed by atoms with Gasteiger partial charge in [0.1, 0.15) is 0 Å². The first-order chi connectivity index (χ1) is 5.83. The monoisotopic (exact) mass is 180 g/mol. The summed E-state index contributed by atoms with van der Waals surface area (Å²) in [5.41, 5.74) is 1.02. The van der Waals surface area contributed by atoms with Crippen LogP contribution in [0.2, 0.25) is 0 Å². The molecule has 3 heteroatoms. The fourth-order valence-electron chi connectivity index (χ4n) is 0.857. The van der Waals surface area contributed by atoms with Crippen molar-refractivity contribution in [1.29, 1.82) is 0 Å². The van der Waals surface area contributed by atoms with Crippen LogP contribution in [0.4, 0.5) is 5.69 Å². The van der Waals surface area contributed by atoms with Crippen molar-refractivity contribution in [2.24, 2.45) is 0 Å². The molecule has 0 saturated heterocycles. The van der Waals surface area contributed by atoms with E-state index in [4.69, 9.17) is 12.2 Å². The number of para-hydroxylation sites is 1. The van der Waals surface area contributed by atoms with Crippen LogP contribution in [0.3, 0.4) is 0 Å². The first-order valence-corrected chi connectivity index (χ1v) is 4.33. The number of benzene rings is 1. The Hall–Kier alpha value is -1.09. The Kier molecular flexibility index (Phi) is 3.54. The Bertz CT molecular complexity index is 246. The molecule has 2 N–H and O–H groups in total. The van der Waals surface area contributed by atoms with Crippen molar-refractivity contribution in [1.82, 2.24) is 5.32 Å². The molecule has 0 bridgehead atoms. The number of rotatable bonds is 2. The van der Waals surface area contributed by atoms with E-state index in [1.165, 1.54) is 0 Å². The van der Waals surface area contributed by atoms with Crippen molar-refractivity contribution < 1.29 is 0 Å². The maximum atomic E-state index is 5.01. The number of thiocarbonyl (C=S) groups is 1. The van der Waals surface area contributed by atoms with Gasteiger partial charge in [-0.1, -0.05) is 18.2 Å². The zero-order valence-electron chi connectivity index (χ0n) is 7.00. The molecule has 0 radical (unpaired) electrons. The minimum atomic E-state index is 0.670. The number of hydrogen-bond donors (Lipinski definition) is 2. The summed E-state index contributed by atoms with van der Waals surface area (Å²) in [6.45, 7) is 2.86. The van der Waals surface area contributed by atoms with Crippen LogP contribution in [0.1, 0.15) is 6.92 Å². The summed E-state index contributed by atoms with van der Waals surface area (Å²) in [6, 6.07) is 9.86. The lowest BCUT2D eigenvalue weighted by Crippen LogP contribution is -2.27. The van der Waals surface area contributed by atoms with Gasteiger partial charge in [0.05, 0.1) is 0 Å². The Labute approximate surface area is 78.0 Å². The zero-order valence-corrected chi connectivity index (χ0v) is 7.82. The third-order valence-corrected chi connectivity index (χ3v) is 1.62. The van der Waals surface area contributed by atoms with E-state index in [0.29, 0.717) is 5.11 Å². The van der Waals surface area contributed by atoms with Crippen LogP contribution in [0.25, 0.3) is 0 Å². The van der Waals surface area contributed by atoms with Crippen LogP contribution in [0, 0.1) is 0 Å². The number of hydrogen-bond acceptors (Lipinski definition) is 1. The molecule has 1 aromatic carbocycles. The SMILES string of the molecule is CCNC(=S)Nc1ccccc1. The predicted molar refractivity (Wildman–Crippen MR) is 56.3 cm³/mol. The quantitative estimate of drug-likeness (QED) is 0.681. The Morgan fingerprint density at radius 1 is 1.33 bits per heavy atom. The van der Waals surface area contributed by atoms with Gasteiger partial charge in [0.25, 0.3) is 0 Å². The molecule has 0 fully saturated rings.